The van der Waals surface area contributed by atoms with Gasteiger partial charge < -0.3 is 10.6 Å². The SMILES string of the molecule is CCCN(CCN)c1c(C)cccc1CC. The Morgan fingerprint density at radius 1 is 1.19 bits per heavy atom. The summed E-state index contributed by atoms with van der Waals surface area (Å²) in [5.74, 6) is 0. The third-order valence-electron chi connectivity index (χ3n) is 2.91. The van der Waals surface area contributed by atoms with Crippen molar-refractivity contribution in [2.45, 2.75) is 33.6 Å². The standard InChI is InChI=1S/C14H24N2/c1-4-10-16(11-9-15)14-12(3)7-6-8-13(14)5-2/h6-8H,4-5,9-11,15H2,1-3H3. The van der Waals surface area contributed by atoms with Gasteiger partial charge in [0.1, 0.15) is 0 Å². The molecule has 2 nitrogen and oxygen atoms in total. The van der Waals surface area contributed by atoms with E-state index in [2.05, 4.69) is 43.9 Å². The maximum atomic E-state index is 5.70. The average Bonchev–Trinajstić information content (AvgIpc) is 2.28. The van der Waals surface area contributed by atoms with Gasteiger partial charge in [0.2, 0.25) is 0 Å². The highest BCUT2D eigenvalue weighted by Crippen LogP contribution is 2.25. The number of aryl methyl sites for hydroxylation is 2. The van der Waals surface area contributed by atoms with Crippen molar-refractivity contribution < 1.29 is 0 Å². The Hall–Kier alpha value is -1.02. The molecule has 2 heteroatoms. The van der Waals surface area contributed by atoms with Crippen LogP contribution in [-0.2, 0) is 6.42 Å². The third-order valence-corrected chi connectivity index (χ3v) is 2.91. The predicted molar refractivity (Wildman–Crippen MR) is 72.1 cm³/mol. The van der Waals surface area contributed by atoms with Gasteiger partial charge in [0.05, 0.1) is 0 Å². The molecule has 0 saturated carbocycles. The quantitative estimate of drug-likeness (QED) is 0.798. The van der Waals surface area contributed by atoms with Gasteiger partial charge in [-0.1, -0.05) is 32.0 Å². The van der Waals surface area contributed by atoms with Crippen molar-refractivity contribution >= 4 is 5.69 Å². The van der Waals surface area contributed by atoms with Gasteiger partial charge in [-0.3, -0.25) is 0 Å². The van der Waals surface area contributed by atoms with Gasteiger partial charge in [-0.15, -0.1) is 0 Å². The van der Waals surface area contributed by atoms with Crippen molar-refractivity contribution in [2.75, 3.05) is 24.5 Å². The van der Waals surface area contributed by atoms with Crippen molar-refractivity contribution in [3.8, 4) is 0 Å². The van der Waals surface area contributed by atoms with Gasteiger partial charge in [0.25, 0.3) is 0 Å². The van der Waals surface area contributed by atoms with Crippen LogP contribution in [0.15, 0.2) is 18.2 Å². The Bertz CT molecular complexity index is 315. The molecule has 1 rings (SSSR count). The lowest BCUT2D eigenvalue weighted by Gasteiger charge is -2.28. The number of para-hydroxylation sites is 1. The van der Waals surface area contributed by atoms with Crippen LogP contribution in [0.25, 0.3) is 0 Å². The van der Waals surface area contributed by atoms with Crippen molar-refractivity contribution in [1.29, 1.82) is 0 Å². The van der Waals surface area contributed by atoms with Gasteiger partial charge in [-0.2, -0.15) is 0 Å². The maximum absolute atomic E-state index is 5.70. The molecule has 2 N–H and O–H groups in total. The number of hydrogen-bond acceptors (Lipinski definition) is 2. The van der Waals surface area contributed by atoms with Crippen LogP contribution in [0.4, 0.5) is 5.69 Å². The largest absolute Gasteiger partial charge is 0.370 e. The first-order valence-corrected chi connectivity index (χ1v) is 6.28. The molecule has 0 aliphatic rings. The smallest absolute Gasteiger partial charge is 0.0428 e. The summed E-state index contributed by atoms with van der Waals surface area (Å²) in [6.45, 7) is 9.38. The number of hydrogen-bond donors (Lipinski definition) is 1. The van der Waals surface area contributed by atoms with Crippen LogP contribution in [0.2, 0.25) is 0 Å². The maximum Gasteiger partial charge on any atom is 0.0428 e. The van der Waals surface area contributed by atoms with Crippen molar-refractivity contribution in [1.82, 2.24) is 0 Å². The molecule has 0 aromatic heterocycles. The lowest BCUT2D eigenvalue weighted by molar-refractivity contribution is 0.755. The first kappa shape index (κ1) is 13.0. The molecule has 0 unspecified atom stereocenters. The molecule has 0 aliphatic carbocycles. The monoisotopic (exact) mass is 220 g/mol. The zero-order valence-corrected chi connectivity index (χ0v) is 10.8. The van der Waals surface area contributed by atoms with E-state index in [1.165, 1.54) is 16.8 Å². The topological polar surface area (TPSA) is 29.3 Å². The minimum Gasteiger partial charge on any atom is -0.370 e. The van der Waals surface area contributed by atoms with E-state index in [0.29, 0.717) is 0 Å². The lowest BCUT2D eigenvalue weighted by Crippen LogP contribution is -2.31. The van der Waals surface area contributed by atoms with Crippen LogP contribution in [-0.4, -0.2) is 19.6 Å². The second kappa shape index (κ2) is 6.54. The van der Waals surface area contributed by atoms with E-state index in [9.17, 15) is 0 Å². The average molecular weight is 220 g/mol. The minimum absolute atomic E-state index is 0.720. The van der Waals surface area contributed by atoms with E-state index >= 15 is 0 Å². The van der Waals surface area contributed by atoms with E-state index in [1.54, 1.807) is 0 Å². The van der Waals surface area contributed by atoms with Crippen LogP contribution in [0.3, 0.4) is 0 Å². The Morgan fingerprint density at radius 2 is 1.94 bits per heavy atom. The molecule has 0 radical (unpaired) electrons. The van der Waals surface area contributed by atoms with Gasteiger partial charge in [0, 0.05) is 25.3 Å². The van der Waals surface area contributed by atoms with Crippen LogP contribution in [0.5, 0.6) is 0 Å². The van der Waals surface area contributed by atoms with E-state index < -0.39 is 0 Å². The summed E-state index contributed by atoms with van der Waals surface area (Å²) in [4.78, 5) is 2.42. The summed E-state index contributed by atoms with van der Waals surface area (Å²) in [6.07, 6.45) is 2.25. The first-order valence-electron chi connectivity index (χ1n) is 6.28. The Labute approximate surface area is 99.5 Å². The van der Waals surface area contributed by atoms with Crippen LogP contribution >= 0.6 is 0 Å². The fourth-order valence-electron chi connectivity index (χ4n) is 2.22. The molecule has 1 aromatic rings. The molecular weight excluding hydrogens is 196 g/mol. The molecule has 0 atom stereocenters. The van der Waals surface area contributed by atoms with Crippen LogP contribution in [0.1, 0.15) is 31.4 Å². The number of rotatable bonds is 6. The second-order valence-corrected chi connectivity index (χ2v) is 4.21. The van der Waals surface area contributed by atoms with Crippen LogP contribution in [0, 0.1) is 6.92 Å². The van der Waals surface area contributed by atoms with Crippen molar-refractivity contribution in [3.05, 3.63) is 29.3 Å². The van der Waals surface area contributed by atoms with E-state index in [4.69, 9.17) is 5.73 Å². The number of anilines is 1. The van der Waals surface area contributed by atoms with Gasteiger partial charge >= 0.3 is 0 Å². The molecule has 0 amide bonds. The Balaban J connectivity index is 3.05. The molecule has 90 valence electrons. The van der Waals surface area contributed by atoms with E-state index in [1.807, 2.05) is 0 Å². The van der Waals surface area contributed by atoms with Crippen molar-refractivity contribution in [2.24, 2.45) is 5.73 Å². The summed E-state index contributed by atoms with van der Waals surface area (Å²) >= 11 is 0. The molecule has 16 heavy (non-hydrogen) atoms. The molecular formula is C14H24N2. The highest BCUT2D eigenvalue weighted by molar-refractivity contribution is 5.59. The highest BCUT2D eigenvalue weighted by Gasteiger charge is 2.11. The second-order valence-electron chi connectivity index (χ2n) is 4.21. The minimum atomic E-state index is 0.720. The van der Waals surface area contributed by atoms with E-state index in [0.717, 1.165) is 32.5 Å². The first-order chi connectivity index (χ1) is 7.74. The number of benzene rings is 1. The zero-order chi connectivity index (χ0) is 12.0. The lowest BCUT2D eigenvalue weighted by atomic mass is 10.0. The Morgan fingerprint density at radius 3 is 2.50 bits per heavy atom. The van der Waals surface area contributed by atoms with Crippen LogP contribution < -0.4 is 10.6 Å². The fraction of sp³-hybridized carbons (Fsp3) is 0.571. The molecule has 0 heterocycles. The summed E-state index contributed by atoms with van der Waals surface area (Å²) in [5, 5.41) is 0. The molecule has 0 spiro atoms. The summed E-state index contributed by atoms with van der Waals surface area (Å²) < 4.78 is 0. The van der Waals surface area contributed by atoms with Crippen molar-refractivity contribution in [3.63, 3.8) is 0 Å². The zero-order valence-electron chi connectivity index (χ0n) is 10.8. The molecule has 0 saturated heterocycles. The highest BCUT2D eigenvalue weighted by atomic mass is 15.1. The number of nitrogens with two attached hydrogens (primary N) is 1. The van der Waals surface area contributed by atoms with Gasteiger partial charge in [-0.05, 0) is 30.9 Å². The van der Waals surface area contributed by atoms with E-state index in [-0.39, 0.29) is 0 Å². The normalized spacial score (nSPS) is 10.5. The molecule has 1 aromatic carbocycles. The fourth-order valence-corrected chi connectivity index (χ4v) is 2.22. The third kappa shape index (κ3) is 2.99. The molecule has 0 aliphatic heterocycles. The summed E-state index contributed by atoms with van der Waals surface area (Å²) in [6, 6.07) is 6.55. The summed E-state index contributed by atoms with van der Waals surface area (Å²) in [5.41, 5.74) is 9.89. The summed E-state index contributed by atoms with van der Waals surface area (Å²) in [7, 11) is 0. The van der Waals surface area contributed by atoms with Gasteiger partial charge in [-0.25, -0.2) is 0 Å². The molecule has 0 fully saturated rings. The number of nitrogens with zero attached hydrogens (tertiary/aromatic N) is 1. The molecule has 0 bridgehead atoms. The van der Waals surface area contributed by atoms with Gasteiger partial charge in [0.15, 0.2) is 0 Å². The predicted octanol–water partition coefficient (Wildman–Crippen LogP) is 2.73. The Kier molecular flexibility index (Phi) is 5.33.